The molecule has 2 aromatic rings. The van der Waals surface area contributed by atoms with Crippen LogP contribution in [0.15, 0.2) is 12.1 Å². The Hall–Kier alpha value is -2.44. The lowest BCUT2D eigenvalue weighted by molar-refractivity contribution is -0.384. The normalized spacial score (nSPS) is 10.6. The quantitative estimate of drug-likeness (QED) is 0.642. The SMILES string of the molecule is Cc1nn(-c2nc(N)ccc2[N+](=O)[O-])c(C)c1C. The van der Waals surface area contributed by atoms with Crippen molar-refractivity contribution in [3.63, 3.8) is 0 Å². The van der Waals surface area contributed by atoms with E-state index in [4.69, 9.17) is 5.73 Å². The number of nitro groups is 1. The summed E-state index contributed by atoms with van der Waals surface area (Å²) in [6, 6.07) is 2.74. The van der Waals surface area contributed by atoms with Crippen LogP contribution in [-0.2, 0) is 0 Å². The summed E-state index contributed by atoms with van der Waals surface area (Å²) in [7, 11) is 0. The highest BCUT2D eigenvalue weighted by Crippen LogP contribution is 2.24. The van der Waals surface area contributed by atoms with E-state index in [0.717, 1.165) is 17.0 Å². The van der Waals surface area contributed by atoms with E-state index in [0.29, 0.717) is 0 Å². The molecule has 7 nitrogen and oxygen atoms in total. The van der Waals surface area contributed by atoms with Crippen molar-refractivity contribution in [2.24, 2.45) is 0 Å². The predicted molar refractivity (Wildman–Crippen MR) is 66.6 cm³/mol. The largest absolute Gasteiger partial charge is 0.384 e. The summed E-state index contributed by atoms with van der Waals surface area (Å²) in [4.78, 5) is 14.5. The Balaban J connectivity index is 2.73. The Morgan fingerprint density at radius 1 is 1.33 bits per heavy atom. The average Bonchev–Trinajstić information content (AvgIpc) is 2.56. The Morgan fingerprint density at radius 3 is 2.50 bits per heavy atom. The first kappa shape index (κ1) is 12.0. The highest BCUT2D eigenvalue weighted by molar-refractivity contribution is 5.52. The van der Waals surface area contributed by atoms with E-state index in [1.807, 2.05) is 20.8 Å². The first-order valence-electron chi connectivity index (χ1n) is 5.36. The highest BCUT2D eigenvalue weighted by atomic mass is 16.6. The maximum Gasteiger partial charge on any atom is 0.313 e. The Morgan fingerprint density at radius 2 is 2.00 bits per heavy atom. The Labute approximate surface area is 103 Å². The number of pyridine rings is 1. The van der Waals surface area contributed by atoms with Gasteiger partial charge in [-0.15, -0.1) is 0 Å². The van der Waals surface area contributed by atoms with Crippen LogP contribution in [0, 0.1) is 30.9 Å². The van der Waals surface area contributed by atoms with Gasteiger partial charge in [-0.1, -0.05) is 0 Å². The number of hydrogen-bond donors (Lipinski definition) is 1. The van der Waals surface area contributed by atoms with Crippen molar-refractivity contribution in [3.8, 4) is 5.82 Å². The summed E-state index contributed by atoms with van der Waals surface area (Å²) >= 11 is 0. The maximum atomic E-state index is 11.0. The van der Waals surface area contributed by atoms with Crippen molar-refractivity contribution in [2.45, 2.75) is 20.8 Å². The molecule has 0 bridgehead atoms. The molecule has 2 N–H and O–H groups in total. The molecule has 0 fully saturated rings. The van der Waals surface area contributed by atoms with E-state index >= 15 is 0 Å². The van der Waals surface area contributed by atoms with Gasteiger partial charge in [0.2, 0.25) is 5.82 Å². The summed E-state index contributed by atoms with van der Waals surface area (Å²) in [5.74, 6) is 0.370. The minimum Gasteiger partial charge on any atom is -0.384 e. The number of aromatic nitrogens is 3. The van der Waals surface area contributed by atoms with Crippen LogP contribution in [0.4, 0.5) is 11.5 Å². The number of nitrogens with zero attached hydrogens (tertiary/aromatic N) is 4. The van der Waals surface area contributed by atoms with Gasteiger partial charge in [0, 0.05) is 11.8 Å². The third-order valence-corrected chi connectivity index (χ3v) is 2.93. The molecule has 2 heterocycles. The van der Waals surface area contributed by atoms with Crippen LogP contribution in [0.5, 0.6) is 0 Å². The molecule has 2 rings (SSSR count). The molecular formula is C11H13N5O2. The van der Waals surface area contributed by atoms with Crippen LogP contribution in [-0.4, -0.2) is 19.7 Å². The summed E-state index contributed by atoms with van der Waals surface area (Å²) in [5.41, 5.74) is 8.07. The number of nitrogens with two attached hydrogens (primary N) is 1. The van der Waals surface area contributed by atoms with Gasteiger partial charge in [0.05, 0.1) is 10.6 Å². The lowest BCUT2D eigenvalue weighted by atomic mass is 10.2. The van der Waals surface area contributed by atoms with Gasteiger partial charge in [0.1, 0.15) is 5.82 Å². The zero-order valence-electron chi connectivity index (χ0n) is 10.3. The first-order valence-corrected chi connectivity index (χ1v) is 5.36. The van der Waals surface area contributed by atoms with Crippen LogP contribution in [0.2, 0.25) is 0 Å². The van der Waals surface area contributed by atoms with E-state index in [2.05, 4.69) is 10.1 Å². The molecule has 0 aliphatic heterocycles. The molecule has 0 radical (unpaired) electrons. The molecule has 0 aliphatic carbocycles. The molecule has 0 spiro atoms. The second-order valence-corrected chi connectivity index (χ2v) is 4.04. The van der Waals surface area contributed by atoms with Gasteiger partial charge in [-0.05, 0) is 32.4 Å². The molecule has 94 valence electrons. The third-order valence-electron chi connectivity index (χ3n) is 2.93. The van der Waals surface area contributed by atoms with Gasteiger partial charge >= 0.3 is 5.69 Å². The van der Waals surface area contributed by atoms with Crippen molar-refractivity contribution >= 4 is 11.5 Å². The second kappa shape index (κ2) is 4.10. The molecule has 0 atom stereocenters. The fraction of sp³-hybridized carbons (Fsp3) is 0.273. The Kier molecular flexibility index (Phi) is 2.74. The van der Waals surface area contributed by atoms with Crippen LogP contribution in [0.3, 0.4) is 0 Å². The van der Waals surface area contributed by atoms with Gasteiger partial charge in [-0.3, -0.25) is 10.1 Å². The first-order chi connectivity index (χ1) is 8.41. The van der Waals surface area contributed by atoms with E-state index in [9.17, 15) is 10.1 Å². The molecule has 0 unspecified atom stereocenters. The van der Waals surface area contributed by atoms with Crippen molar-refractivity contribution < 1.29 is 4.92 Å². The minimum atomic E-state index is -0.493. The van der Waals surface area contributed by atoms with E-state index in [1.54, 1.807) is 0 Å². The molecule has 0 saturated carbocycles. The number of hydrogen-bond acceptors (Lipinski definition) is 5. The van der Waals surface area contributed by atoms with Crippen molar-refractivity contribution in [1.82, 2.24) is 14.8 Å². The van der Waals surface area contributed by atoms with Gasteiger partial charge in [0.15, 0.2) is 0 Å². The fourth-order valence-corrected chi connectivity index (χ4v) is 1.68. The number of rotatable bonds is 2. The molecule has 2 aromatic heterocycles. The fourth-order valence-electron chi connectivity index (χ4n) is 1.68. The summed E-state index contributed by atoms with van der Waals surface area (Å²) in [5, 5.41) is 15.3. The smallest absolute Gasteiger partial charge is 0.313 e. The zero-order valence-corrected chi connectivity index (χ0v) is 10.3. The van der Waals surface area contributed by atoms with Crippen LogP contribution in [0.25, 0.3) is 5.82 Å². The number of nitrogen functional groups attached to an aromatic ring is 1. The maximum absolute atomic E-state index is 11.0. The Bertz CT molecular complexity index is 633. The number of aryl methyl sites for hydroxylation is 1. The molecule has 0 aromatic carbocycles. The van der Waals surface area contributed by atoms with Crippen molar-refractivity contribution in [1.29, 1.82) is 0 Å². The summed E-state index contributed by atoms with van der Waals surface area (Å²) in [6.07, 6.45) is 0. The molecule has 18 heavy (non-hydrogen) atoms. The summed E-state index contributed by atoms with van der Waals surface area (Å²) < 4.78 is 1.46. The zero-order chi connectivity index (χ0) is 13.4. The van der Waals surface area contributed by atoms with Crippen LogP contribution < -0.4 is 5.73 Å². The molecule has 0 amide bonds. The van der Waals surface area contributed by atoms with Gasteiger partial charge in [-0.2, -0.15) is 5.10 Å². The molecular weight excluding hydrogens is 234 g/mol. The summed E-state index contributed by atoms with van der Waals surface area (Å²) in [6.45, 7) is 5.59. The molecule has 0 saturated heterocycles. The lowest BCUT2D eigenvalue weighted by Crippen LogP contribution is -2.07. The van der Waals surface area contributed by atoms with E-state index in [-0.39, 0.29) is 17.3 Å². The standard InChI is InChI=1S/C11H13N5O2/c1-6-7(2)14-15(8(6)3)11-9(16(17)18)4-5-10(12)13-11/h4-5H,1-3H3,(H2,12,13). The highest BCUT2D eigenvalue weighted by Gasteiger charge is 2.21. The van der Waals surface area contributed by atoms with Crippen molar-refractivity contribution in [2.75, 3.05) is 5.73 Å². The van der Waals surface area contributed by atoms with Gasteiger partial charge < -0.3 is 5.73 Å². The minimum absolute atomic E-state index is 0.116. The predicted octanol–water partition coefficient (Wildman–Crippen LogP) is 1.68. The van der Waals surface area contributed by atoms with Gasteiger partial charge in [0.25, 0.3) is 0 Å². The number of anilines is 1. The van der Waals surface area contributed by atoms with Crippen molar-refractivity contribution in [3.05, 3.63) is 39.2 Å². The second-order valence-electron chi connectivity index (χ2n) is 4.04. The third kappa shape index (κ3) is 1.79. The van der Waals surface area contributed by atoms with E-state index in [1.165, 1.54) is 16.8 Å². The van der Waals surface area contributed by atoms with E-state index < -0.39 is 4.92 Å². The monoisotopic (exact) mass is 247 g/mol. The van der Waals surface area contributed by atoms with Crippen LogP contribution in [0.1, 0.15) is 17.0 Å². The lowest BCUT2D eigenvalue weighted by Gasteiger charge is -2.05. The van der Waals surface area contributed by atoms with Crippen LogP contribution >= 0.6 is 0 Å². The molecule has 0 aliphatic rings. The average molecular weight is 247 g/mol. The van der Waals surface area contributed by atoms with Gasteiger partial charge in [-0.25, -0.2) is 9.67 Å². The topological polar surface area (TPSA) is 99.9 Å². The molecule has 7 heteroatoms.